The molecule has 0 unspecified atom stereocenters. The molecule has 19 heavy (non-hydrogen) atoms. The number of amides is 2. The Morgan fingerprint density at radius 2 is 2.00 bits per heavy atom. The summed E-state index contributed by atoms with van der Waals surface area (Å²) in [5.74, 6) is -0.446. The molecule has 106 valence electrons. The molecule has 0 saturated heterocycles. The molecule has 0 aliphatic carbocycles. The van der Waals surface area contributed by atoms with Crippen molar-refractivity contribution < 1.29 is 9.59 Å². The van der Waals surface area contributed by atoms with Crippen LogP contribution in [-0.4, -0.2) is 43.5 Å². The average molecular weight is 285 g/mol. The standard InChI is InChI=1S/C11H19N5O2S/c1-4-16(5-2)11-15-9(12)8(19-11)10(18)14-6-7(17)13-3/h4-6,12H2,1-3H3,(H,13,17)(H,14,18). The van der Waals surface area contributed by atoms with E-state index in [0.29, 0.717) is 10.0 Å². The van der Waals surface area contributed by atoms with Gasteiger partial charge < -0.3 is 21.3 Å². The van der Waals surface area contributed by atoms with E-state index in [4.69, 9.17) is 5.73 Å². The number of aromatic nitrogens is 1. The number of hydrogen-bond donors (Lipinski definition) is 3. The predicted molar refractivity (Wildman–Crippen MR) is 76.5 cm³/mol. The lowest BCUT2D eigenvalue weighted by Crippen LogP contribution is -2.35. The molecule has 8 heteroatoms. The molecule has 0 saturated carbocycles. The van der Waals surface area contributed by atoms with Crippen molar-refractivity contribution in [3.8, 4) is 0 Å². The number of thiazole rings is 1. The highest BCUT2D eigenvalue weighted by atomic mass is 32.1. The molecule has 0 aliphatic rings. The van der Waals surface area contributed by atoms with Crippen molar-refractivity contribution in [1.29, 1.82) is 0 Å². The largest absolute Gasteiger partial charge is 0.382 e. The van der Waals surface area contributed by atoms with Gasteiger partial charge in [0, 0.05) is 20.1 Å². The summed E-state index contributed by atoms with van der Waals surface area (Å²) in [5, 5.41) is 5.64. The van der Waals surface area contributed by atoms with Crippen molar-refractivity contribution in [2.45, 2.75) is 13.8 Å². The number of nitrogens with two attached hydrogens (primary N) is 1. The highest BCUT2D eigenvalue weighted by Crippen LogP contribution is 2.27. The summed E-state index contributed by atoms with van der Waals surface area (Å²) in [6.45, 7) is 5.53. The first-order valence-corrected chi connectivity index (χ1v) is 6.85. The molecule has 4 N–H and O–H groups in total. The monoisotopic (exact) mass is 285 g/mol. The average Bonchev–Trinajstić information content (AvgIpc) is 2.79. The van der Waals surface area contributed by atoms with Gasteiger partial charge in [0.1, 0.15) is 10.7 Å². The van der Waals surface area contributed by atoms with Gasteiger partial charge in [0.25, 0.3) is 5.91 Å². The van der Waals surface area contributed by atoms with Gasteiger partial charge in [0.2, 0.25) is 5.91 Å². The summed E-state index contributed by atoms with van der Waals surface area (Å²) in [5.41, 5.74) is 5.74. The molecule has 1 heterocycles. The molecule has 7 nitrogen and oxygen atoms in total. The number of carbonyl (C=O) groups excluding carboxylic acids is 2. The van der Waals surface area contributed by atoms with Crippen LogP contribution in [0, 0.1) is 0 Å². The van der Waals surface area contributed by atoms with E-state index in [1.165, 1.54) is 18.4 Å². The van der Waals surface area contributed by atoms with Gasteiger partial charge in [-0.05, 0) is 13.8 Å². The van der Waals surface area contributed by atoms with Gasteiger partial charge >= 0.3 is 0 Å². The number of anilines is 2. The molecule has 0 spiro atoms. The molecule has 0 radical (unpaired) electrons. The van der Waals surface area contributed by atoms with Gasteiger partial charge in [-0.2, -0.15) is 0 Å². The third-order valence-electron chi connectivity index (χ3n) is 2.57. The first-order valence-electron chi connectivity index (χ1n) is 6.03. The van der Waals surface area contributed by atoms with E-state index >= 15 is 0 Å². The van der Waals surface area contributed by atoms with Gasteiger partial charge in [-0.15, -0.1) is 0 Å². The Hall–Kier alpha value is -1.83. The van der Waals surface area contributed by atoms with Crippen LogP contribution in [0.15, 0.2) is 0 Å². The molecule has 0 aliphatic heterocycles. The van der Waals surface area contributed by atoms with Crippen LogP contribution in [0.2, 0.25) is 0 Å². The van der Waals surface area contributed by atoms with Crippen molar-refractivity contribution in [2.24, 2.45) is 0 Å². The summed E-state index contributed by atoms with van der Waals surface area (Å²) in [4.78, 5) is 29.5. The van der Waals surface area contributed by atoms with Crippen LogP contribution in [0.3, 0.4) is 0 Å². The third kappa shape index (κ3) is 3.82. The first kappa shape index (κ1) is 15.2. The molecule has 0 fully saturated rings. The van der Waals surface area contributed by atoms with E-state index in [-0.39, 0.29) is 24.2 Å². The zero-order valence-electron chi connectivity index (χ0n) is 11.3. The highest BCUT2D eigenvalue weighted by Gasteiger charge is 2.18. The molecule has 0 aromatic carbocycles. The maximum atomic E-state index is 11.9. The Morgan fingerprint density at radius 1 is 1.37 bits per heavy atom. The van der Waals surface area contributed by atoms with Crippen LogP contribution in [0.1, 0.15) is 23.5 Å². The van der Waals surface area contributed by atoms with E-state index in [9.17, 15) is 9.59 Å². The smallest absolute Gasteiger partial charge is 0.265 e. The highest BCUT2D eigenvalue weighted by molar-refractivity contribution is 7.18. The third-order valence-corrected chi connectivity index (χ3v) is 3.70. The van der Waals surface area contributed by atoms with Gasteiger partial charge in [0.05, 0.1) is 6.54 Å². The summed E-state index contributed by atoms with van der Waals surface area (Å²) < 4.78 is 0. The molecule has 2 amide bonds. The molecular formula is C11H19N5O2S. The minimum Gasteiger partial charge on any atom is -0.382 e. The van der Waals surface area contributed by atoms with Crippen LogP contribution < -0.4 is 21.3 Å². The van der Waals surface area contributed by atoms with Crippen LogP contribution in [0.5, 0.6) is 0 Å². The maximum absolute atomic E-state index is 11.9. The van der Waals surface area contributed by atoms with E-state index in [0.717, 1.165) is 13.1 Å². The Morgan fingerprint density at radius 3 is 2.53 bits per heavy atom. The summed E-state index contributed by atoms with van der Waals surface area (Å²) in [6, 6.07) is 0. The van der Waals surface area contributed by atoms with Crippen molar-refractivity contribution in [3.63, 3.8) is 0 Å². The number of nitrogens with zero attached hydrogens (tertiary/aromatic N) is 2. The first-order chi connectivity index (χ1) is 9.03. The fourth-order valence-electron chi connectivity index (χ4n) is 1.44. The molecule has 0 atom stereocenters. The number of hydrogen-bond acceptors (Lipinski definition) is 6. The van der Waals surface area contributed by atoms with Crippen molar-refractivity contribution in [3.05, 3.63) is 4.88 Å². The minimum atomic E-state index is -0.378. The van der Waals surface area contributed by atoms with E-state index in [1.54, 1.807) is 0 Å². The Labute approximate surface area is 116 Å². The normalized spacial score (nSPS) is 10.1. The lowest BCUT2D eigenvalue weighted by atomic mass is 10.4. The second-order valence-electron chi connectivity index (χ2n) is 3.74. The molecule has 1 rings (SSSR count). The Balaban J connectivity index is 2.78. The van der Waals surface area contributed by atoms with Crippen molar-refractivity contribution >= 4 is 34.1 Å². The fourth-order valence-corrected chi connectivity index (χ4v) is 2.47. The predicted octanol–water partition coefficient (Wildman–Crippen LogP) is 0.0473. The number of likely N-dealkylation sites (N-methyl/N-ethyl adjacent to an activating group) is 1. The van der Waals surface area contributed by atoms with E-state index in [1.807, 2.05) is 18.7 Å². The van der Waals surface area contributed by atoms with E-state index < -0.39 is 0 Å². The van der Waals surface area contributed by atoms with Crippen LogP contribution in [-0.2, 0) is 4.79 Å². The number of carbonyl (C=O) groups is 2. The molecule has 0 bridgehead atoms. The Kier molecular flexibility index (Phi) is 5.56. The molecular weight excluding hydrogens is 266 g/mol. The second kappa shape index (κ2) is 6.93. The van der Waals surface area contributed by atoms with Gasteiger partial charge in [-0.1, -0.05) is 11.3 Å². The quantitative estimate of drug-likeness (QED) is 0.685. The van der Waals surface area contributed by atoms with Crippen LogP contribution in [0.25, 0.3) is 0 Å². The van der Waals surface area contributed by atoms with Gasteiger partial charge in [-0.3, -0.25) is 9.59 Å². The summed E-state index contributed by atoms with van der Waals surface area (Å²) in [6.07, 6.45) is 0. The fraction of sp³-hybridized carbons (Fsp3) is 0.545. The van der Waals surface area contributed by atoms with Crippen molar-refractivity contribution in [1.82, 2.24) is 15.6 Å². The molecule has 1 aromatic rings. The summed E-state index contributed by atoms with van der Waals surface area (Å²) in [7, 11) is 1.51. The van der Waals surface area contributed by atoms with E-state index in [2.05, 4.69) is 15.6 Å². The molecule has 1 aromatic heterocycles. The topological polar surface area (TPSA) is 100 Å². The number of nitrogens with one attached hydrogen (secondary N) is 2. The lowest BCUT2D eigenvalue weighted by Gasteiger charge is -2.16. The lowest BCUT2D eigenvalue weighted by molar-refractivity contribution is -0.119. The van der Waals surface area contributed by atoms with Gasteiger partial charge in [-0.25, -0.2) is 4.98 Å². The maximum Gasteiger partial charge on any atom is 0.265 e. The van der Waals surface area contributed by atoms with Crippen molar-refractivity contribution in [2.75, 3.05) is 37.3 Å². The summed E-state index contributed by atoms with van der Waals surface area (Å²) >= 11 is 1.23. The van der Waals surface area contributed by atoms with Crippen LogP contribution in [0.4, 0.5) is 10.9 Å². The van der Waals surface area contributed by atoms with Gasteiger partial charge in [0.15, 0.2) is 5.13 Å². The second-order valence-corrected chi connectivity index (χ2v) is 4.72. The number of nitrogen functional groups attached to an aromatic ring is 1. The number of rotatable bonds is 6. The zero-order chi connectivity index (χ0) is 14.4. The SMILES string of the molecule is CCN(CC)c1nc(N)c(C(=O)NCC(=O)NC)s1. The minimum absolute atomic E-state index is 0.0761. The zero-order valence-corrected chi connectivity index (χ0v) is 12.1. The van der Waals surface area contributed by atoms with Crippen LogP contribution >= 0.6 is 11.3 Å². The Bertz CT molecular complexity index is 456.